The molecule has 63 heavy (non-hydrogen) atoms. The molecule has 0 atom stereocenters. The van der Waals surface area contributed by atoms with Crippen LogP contribution in [0.3, 0.4) is 0 Å². The number of aromatic nitrogens is 4. The van der Waals surface area contributed by atoms with E-state index in [1.807, 2.05) is 92.7 Å². The van der Waals surface area contributed by atoms with Crippen LogP contribution in [-0.2, 0) is 15.1 Å². The average Bonchev–Trinajstić information content (AvgIpc) is 3.28. The number of methoxy groups -OCH3 is 4. The molecule has 2 aromatic heterocycles. The first-order chi connectivity index (χ1) is 30.3. The van der Waals surface area contributed by atoms with Crippen LogP contribution in [0, 0.1) is 13.8 Å². The normalized spacial score (nSPS) is 9.76. The Bertz CT molecular complexity index is 2230. The standard InChI is InChI=1S/C19H19BrN4O2.C10H7BrClN3.C9H13NO2.C6H15N.2ClH.Zn/c1-12-9-14(10-16(25-2)17(12)26-3)23-19-21-11-15(20)18(24-19)22-13-7-5-4-6-8-13;11-8-6-13-10(12)15-9(8)14-7-4-2-1-3-5-7;1-6-4-7(10)5-8(11-2)9(6)12-3;1-4-7(5-2)6-3;;;/h4-11H,1-3H3,(H2,21,22,23,24);1-6H,(H,13,14,15);4-5H,10H2,1-3H3;4-6H2,1-3H3;2*1H;/q;;;;;;+2/p-2. The molecule has 2 heterocycles. The second kappa shape index (κ2) is 30.9. The summed E-state index contributed by atoms with van der Waals surface area (Å²) in [5.74, 6) is 4.57. The van der Waals surface area contributed by atoms with Gasteiger partial charge in [-0.05, 0) is 124 Å². The van der Waals surface area contributed by atoms with Crippen molar-refractivity contribution in [1.82, 2.24) is 24.8 Å². The number of nitrogens with zero attached hydrogens (tertiary/aromatic N) is 5. The molecule has 0 radical (unpaired) electrons. The maximum atomic E-state index is 5.70. The molecule has 0 bridgehead atoms. The van der Waals surface area contributed by atoms with Crippen molar-refractivity contribution in [3.63, 3.8) is 0 Å². The Labute approximate surface area is 409 Å². The molecule has 336 valence electrons. The molecule has 0 fully saturated rings. The van der Waals surface area contributed by atoms with Crippen LogP contribution < -0.4 is 40.6 Å². The van der Waals surface area contributed by atoms with Crippen molar-refractivity contribution in [2.24, 2.45) is 0 Å². The van der Waals surface area contributed by atoms with E-state index >= 15 is 0 Å². The molecule has 0 aliphatic rings. The van der Waals surface area contributed by atoms with Gasteiger partial charge in [-0.15, -0.1) is 0 Å². The number of nitrogen functional groups attached to an aromatic ring is 1. The fraction of sp³-hybridized carbons (Fsp3) is 0.273. The molecule has 13 nitrogen and oxygen atoms in total. The van der Waals surface area contributed by atoms with Crippen LogP contribution in [0.15, 0.2) is 106 Å². The van der Waals surface area contributed by atoms with Gasteiger partial charge in [0.25, 0.3) is 0 Å². The first kappa shape index (κ1) is 55.0. The van der Waals surface area contributed by atoms with Gasteiger partial charge in [0, 0.05) is 47.3 Å². The van der Waals surface area contributed by atoms with Crippen molar-refractivity contribution in [3.05, 3.63) is 123 Å². The van der Waals surface area contributed by atoms with E-state index in [0.29, 0.717) is 40.5 Å². The van der Waals surface area contributed by atoms with E-state index in [4.69, 9.17) is 55.7 Å². The molecule has 0 spiro atoms. The average molecular weight is 1100 g/mol. The van der Waals surface area contributed by atoms with Crippen LogP contribution in [0.25, 0.3) is 0 Å². The zero-order valence-electron chi connectivity index (χ0n) is 36.9. The quantitative estimate of drug-likeness (QED) is 0.0493. The van der Waals surface area contributed by atoms with Gasteiger partial charge < -0.3 is 45.5 Å². The number of hydrogen-bond donors (Lipinski definition) is 4. The Morgan fingerprint density at radius 2 is 1.06 bits per heavy atom. The summed E-state index contributed by atoms with van der Waals surface area (Å²) >= 11 is 11.6. The number of hydrogen-bond acceptors (Lipinski definition) is 13. The third-order valence-corrected chi connectivity index (χ3v) is 9.82. The van der Waals surface area contributed by atoms with E-state index in [-0.39, 0.29) is 5.28 Å². The zero-order chi connectivity index (χ0) is 46.7. The number of ether oxygens (including phenoxy) is 4. The van der Waals surface area contributed by atoms with Gasteiger partial charge in [-0.1, -0.05) is 57.2 Å². The van der Waals surface area contributed by atoms with Crippen LogP contribution in [0.2, 0.25) is 5.28 Å². The predicted molar refractivity (Wildman–Crippen MR) is 265 cm³/mol. The molecule has 5 N–H and O–H groups in total. The Morgan fingerprint density at radius 3 is 1.51 bits per heavy atom. The van der Waals surface area contributed by atoms with Gasteiger partial charge in [-0.3, -0.25) is 0 Å². The molecule has 0 saturated heterocycles. The molecule has 0 aliphatic carbocycles. The van der Waals surface area contributed by atoms with Gasteiger partial charge in [-0.2, -0.15) is 9.97 Å². The minimum absolute atomic E-state index is 0.219. The molecule has 0 amide bonds. The molecule has 0 unspecified atom stereocenters. The minimum atomic E-state index is -0.931. The third-order valence-electron chi connectivity index (χ3n) is 8.48. The van der Waals surface area contributed by atoms with E-state index in [9.17, 15) is 0 Å². The number of benzene rings is 4. The van der Waals surface area contributed by atoms with E-state index < -0.39 is 15.1 Å². The number of rotatable bonds is 13. The molecular formula is C44H54Br2Cl3N9O4Zn. The summed E-state index contributed by atoms with van der Waals surface area (Å²) in [6.07, 6.45) is 3.31. The monoisotopic (exact) mass is 1100 g/mol. The van der Waals surface area contributed by atoms with Gasteiger partial charge in [0.05, 0.1) is 37.4 Å². The Balaban J connectivity index is 0.000000313. The first-order valence-electron chi connectivity index (χ1n) is 19.5. The fourth-order valence-electron chi connectivity index (χ4n) is 5.47. The van der Waals surface area contributed by atoms with E-state index in [2.05, 4.69) is 93.4 Å². The van der Waals surface area contributed by atoms with E-state index in [1.54, 1.807) is 46.9 Å². The molecule has 6 rings (SSSR count). The molecule has 4 aromatic carbocycles. The number of halogens is 5. The first-order valence-corrected chi connectivity index (χ1v) is 29.2. The van der Waals surface area contributed by atoms with Gasteiger partial charge in [-0.25, -0.2) is 9.97 Å². The zero-order valence-corrected chi connectivity index (χ0v) is 45.3. The van der Waals surface area contributed by atoms with Crippen molar-refractivity contribution >= 4 is 103 Å². The van der Waals surface area contributed by atoms with Gasteiger partial charge in [0.15, 0.2) is 23.0 Å². The number of nitrogens with one attached hydrogen (secondary N) is 3. The fourth-order valence-corrected chi connectivity index (χ4v) is 6.19. The maximum absolute atomic E-state index is 5.70. The van der Waals surface area contributed by atoms with Gasteiger partial charge >= 0.3 is 34.5 Å². The summed E-state index contributed by atoms with van der Waals surface area (Å²) in [6, 6.07) is 27.0. The number of aryl methyl sites for hydroxylation is 2. The topological polar surface area (TPSA) is 154 Å². The van der Waals surface area contributed by atoms with Crippen molar-refractivity contribution < 1.29 is 34.1 Å². The predicted octanol–water partition coefficient (Wildman–Crippen LogP) is 13.0. The Kier molecular flexibility index (Phi) is 26.9. The molecule has 6 aromatic rings. The molecular weight excluding hydrogens is 1050 g/mol. The summed E-state index contributed by atoms with van der Waals surface area (Å²) in [5.41, 5.74) is 11.0. The SMILES string of the molecule is CCN(CC)CC.COc1cc(N)cc(C)c1OC.COc1cc(Nc2ncc(Br)c(Nc3ccccc3)n2)cc(C)c1OC.Clc1ncc(Br)c(Nc2ccccc2)n1.[Cl][Zn][Cl]. The molecule has 0 aliphatic heterocycles. The molecule has 19 heteroatoms. The third kappa shape index (κ3) is 19.6. The number of anilines is 7. The Hall–Kier alpha value is -4.15. The Morgan fingerprint density at radius 1 is 0.619 bits per heavy atom. The van der Waals surface area contributed by atoms with Crippen LogP contribution in [0.4, 0.5) is 40.3 Å². The summed E-state index contributed by atoms with van der Waals surface area (Å²) < 4.78 is 22.5. The second-order valence-corrected chi connectivity index (χ2v) is 19.3. The number of para-hydroxylation sites is 2. The number of nitrogens with two attached hydrogens (primary N) is 1. The summed E-state index contributed by atoms with van der Waals surface area (Å²) in [4.78, 5) is 19.1. The summed E-state index contributed by atoms with van der Waals surface area (Å²) in [7, 11) is 16.3. The van der Waals surface area contributed by atoms with Crippen LogP contribution in [0.1, 0.15) is 31.9 Å². The van der Waals surface area contributed by atoms with Crippen LogP contribution >= 0.6 is 62.8 Å². The van der Waals surface area contributed by atoms with Gasteiger partial charge in [0.2, 0.25) is 11.2 Å². The van der Waals surface area contributed by atoms with E-state index in [0.717, 1.165) is 42.9 Å². The van der Waals surface area contributed by atoms with Crippen molar-refractivity contribution in [2.45, 2.75) is 34.6 Å². The van der Waals surface area contributed by atoms with Crippen molar-refractivity contribution in [1.29, 1.82) is 0 Å². The van der Waals surface area contributed by atoms with Crippen LogP contribution in [-0.4, -0.2) is 72.9 Å². The summed E-state index contributed by atoms with van der Waals surface area (Å²) in [5, 5.41) is 9.82. The van der Waals surface area contributed by atoms with E-state index in [1.165, 1.54) is 19.6 Å². The van der Waals surface area contributed by atoms with Gasteiger partial charge in [0.1, 0.15) is 11.6 Å². The molecule has 0 saturated carbocycles. The van der Waals surface area contributed by atoms with Crippen molar-refractivity contribution in [3.8, 4) is 23.0 Å². The second-order valence-electron chi connectivity index (χ2n) is 12.7. The summed E-state index contributed by atoms with van der Waals surface area (Å²) in [6.45, 7) is 14.0. The van der Waals surface area contributed by atoms with Crippen molar-refractivity contribution in [2.75, 3.05) is 69.8 Å². The van der Waals surface area contributed by atoms with Crippen LogP contribution in [0.5, 0.6) is 23.0 Å².